The number of rotatable bonds is 3. The summed E-state index contributed by atoms with van der Waals surface area (Å²) in [4.78, 5) is 24.9. The van der Waals surface area contributed by atoms with Gasteiger partial charge in [-0.1, -0.05) is 20.8 Å². The number of urea groups is 1. The summed E-state index contributed by atoms with van der Waals surface area (Å²) in [5.74, 6) is -1.01. The van der Waals surface area contributed by atoms with Crippen molar-refractivity contribution in [2.75, 3.05) is 20.2 Å². The van der Waals surface area contributed by atoms with E-state index in [1.807, 2.05) is 0 Å². The van der Waals surface area contributed by atoms with Crippen LogP contribution in [0.2, 0.25) is 0 Å². The molecular formula is C13H24N2O4. The highest BCUT2D eigenvalue weighted by Crippen LogP contribution is 2.20. The number of carboxylic acids is 1. The standard InChI is InChI=1S/C13H24N2O4/c1-13(2,3)10(11(16)17)14-12(18)15-7-5-9(19-4)6-8-15/h9-10H,5-8H2,1-4H3,(H,14,18)(H,16,17)/t10-/m1/s1. The maximum absolute atomic E-state index is 12.1. The molecule has 0 unspecified atom stereocenters. The number of ether oxygens (including phenoxy) is 1. The van der Waals surface area contributed by atoms with Crippen LogP contribution in [0.25, 0.3) is 0 Å². The van der Waals surface area contributed by atoms with Gasteiger partial charge in [0, 0.05) is 20.2 Å². The molecule has 1 fully saturated rings. The van der Waals surface area contributed by atoms with Crippen LogP contribution in [0.15, 0.2) is 0 Å². The van der Waals surface area contributed by atoms with E-state index in [0.29, 0.717) is 13.1 Å². The molecule has 0 spiro atoms. The molecule has 1 atom stereocenters. The van der Waals surface area contributed by atoms with Crippen molar-refractivity contribution >= 4 is 12.0 Å². The van der Waals surface area contributed by atoms with Crippen LogP contribution in [-0.2, 0) is 9.53 Å². The van der Waals surface area contributed by atoms with Gasteiger partial charge in [0.1, 0.15) is 6.04 Å². The number of piperidine rings is 1. The van der Waals surface area contributed by atoms with Crippen molar-refractivity contribution in [2.24, 2.45) is 5.41 Å². The molecule has 1 aliphatic rings. The maximum atomic E-state index is 12.1. The van der Waals surface area contributed by atoms with Crippen LogP contribution < -0.4 is 5.32 Å². The predicted octanol–water partition coefficient (Wildman–Crippen LogP) is 1.31. The summed E-state index contributed by atoms with van der Waals surface area (Å²) in [5, 5.41) is 11.8. The predicted molar refractivity (Wildman–Crippen MR) is 71.0 cm³/mol. The first-order valence-corrected chi connectivity index (χ1v) is 6.56. The van der Waals surface area contributed by atoms with Crippen molar-refractivity contribution in [1.29, 1.82) is 0 Å². The monoisotopic (exact) mass is 272 g/mol. The third kappa shape index (κ3) is 4.38. The number of nitrogens with zero attached hydrogens (tertiary/aromatic N) is 1. The largest absolute Gasteiger partial charge is 0.480 e. The number of carbonyl (C=O) groups excluding carboxylic acids is 1. The van der Waals surface area contributed by atoms with Gasteiger partial charge in [-0.3, -0.25) is 0 Å². The molecular weight excluding hydrogens is 248 g/mol. The van der Waals surface area contributed by atoms with Gasteiger partial charge in [-0.2, -0.15) is 0 Å². The Morgan fingerprint density at radius 2 is 1.84 bits per heavy atom. The minimum Gasteiger partial charge on any atom is -0.480 e. The molecule has 19 heavy (non-hydrogen) atoms. The van der Waals surface area contributed by atoms with Gasteiger partial charge >= 0.3 is 12.0 Å². The average molecular weight is 272 g/mol. The lowest BCUT2D eigenvalue weighted by molar-refractivity contribution is -0.142. The molecule has 0 bridgehead atoms. The molecule has 1 aliphatic heterocycles. The summed E-state index contributed by atoms with van der Waals surface area (Å²) in [6.07, 6.45) is 1.77. The fourth-order valence-electron chi connectivity index (χ4n) is 2.16. The van der Waals surface area contributed by atoms with Gasteiger partial charge < -0.3 is 20.1 Å². The topological polar surface area (TPSA) is 78.9 Å². The lowest BCUT2D eigenvalue weighted by Gasteiger charge is -2.34. The Morgan fingerprint density at radius 3 is 2.21 bits per heavy atom. The molecule has 1 heterocycles. The van der Waals surface area contributed by atoms with Crippen molar-refractivity contribution in [2.45, 2.75) is 45.8 Å². The van der Waals surface area contributed by atoms with E-state index >= 15 is 0 Å². The summed E-state index contributed by atoms with van der Waals surface area (Å²) in [6.45, 7) is 6.58. The van der Waals surface area contributed by atoms with Gasteiger partial charge in [-0.15, -0.1) is 0 Å². The lowest BCUT2D eigenvalue weighted by atomic mass is 9.87. The van der Waals surface area contributed by atoms with Crippen LogP contribution in [0.1, 0.15) is 33.6 Å². The summed E-state index contributed by atoms with van der Waals surface area (Å²) < 4.78 is 5.24. The van der Waals surface area contributed by atoms with Crippen molar-refractivity contribution in [3.05, 3.63) is 0 Å². The number of aliphatic carboxylic acids is 1. The number of likely N-dealkylation sites (tertiary alicyclic amines) is 1. The zero-order chi connectivity index (χ0) is 14.6. The van der Waals surface area contributed by atoms with Crippen LogP contribution in [0.3, 0.4) is 0 Å². The Kier molecular flexibility index (Phi) is 5.17. The Balaban J connectivity index is 2.57. The van der Waals surface area contributed by atoms with Crippen LogP contribution in [0.4, 0.5) is 4.79 Å². The zero-order valence-electron chi connectivity index (χ0n) is 12.1. The van der Waals surface area contributed by atoms with Crippen molar-refractivity contribution in [3.8, 4) is 0 Å². The second-order valence-corrected chi connectivity index (χ2v) is 6.01. The summed E-state index contributed by atoms with van der Waals surface area (Å²) >= 11 is 0. The fourth-order valence-corrected chi connectivity index (χ4v) is 2.16. The molecule has 0 aromatic carbocycles. The van der Waals surface area contributed by atoms with Crippen LogP contribution >= 0.6 is 0 Å². The van der Waals surface area contributed by atoms with Crippen molar-refractivity contribution in [3.63, 3.8) is 0 Å². The van der Waals surface area contributed by atoms with Crippen LogP contribution in [0.5, 0.6) is 0 Å². The van der Waals surface area contributed by atoms with Gasteiger partial charge in [0.25, 0.3) is 0 Å². The van der Waals surface area contributed by atoms with E-state index in [4.69, 9.17) is 4.74 Å². The third-order valence-electron chi connectivity index (χ3n) is 3.44. The van der Waals surface area contributed by atoms with E-state index in [1.165, 1.54) is 0 Å². The van der Waals surface area contributed by atoms with E-state index in [1.54, 1.807) is 32.8 Å². The summed E-state index contributed by atoms with van der Waals surface area (Å²) in [6, 6.07) is -1.20. The number of methoxy groups -OCH3 is 1. The van der Waals surface area contributed by atoms with Crippen molar-refractivity contribution < 1.29 is 19.4 Å². The summed E-state index contributed by atoms with van der Waals surface area (Å²) in [7, 11) is 1.67. The minimum absolute atomic E-state index is 0.196. The Hall–Kier alpha value is -1.30. The molecule has 6 heteroatoms. The van der Waals surface area contributed by atoms with Gasteiger partial charge in [-0.25, -0.2) is 9.59 Å². The van der Waals surface area contributed by atoms with E-state index in [2.05, 4.69) is 5.32 Å². The van der Waals surface area contributed by atoms with E-state index in [9.17, 15) is 14.7 Å². The minimum atomic E-state index is -1.01. The Labute approximate surface area is 114 Å². The normalized spacial score (nSPS) is 19.1. The smallest absolute Gasteiger partial charge is 0.326 e. The Morgan fingerprint density at radius 1 is 1.32 bits per heavy atom. The van der Waals surface area contributed by atoms with E-state index < -0.39 is 17.4 Å². The molecule has 2 amide bonds. The highest BCUT2D eigenvalue weighted by atomic mass is 16.5. The quantitative estimate of drug-likeness (QED) is 0.812. The second kappa shape index (κ2) is 6.23. The van der Waals surface area contributed by atoms with Gasteiger partial charge in [0.05, 0.1) is 6.10 Å². The average Bonchev–Trinajstić information content (AvgIpc) is 2.34. The first-order chi connectivity index (χ1) is 8.75. The van der Waals surface area contributed by atoms with Gasteiger partial charge in [0.2, 0.25) is 0 Å². The highest BCUT2D eigenvalue weighted by molar-refractivity contribution is 5.83. The molecule has 0 saturated carbocycles. The number of amides is 2. The molecule has 0 aromatic rings. The van der Waals surface area contributed by atoms with E-state index in [0.717, 1.165) is 12.8 Å². The fraction of sp³-hybridized carbons (Fsp3) is 0.846. The van der Waals surface area contributed by atoms with Gasteiger partial charge in [-0.05, 0) is 18.3 Å². The molecule has 6 nitrogen and oxygen atoms in total. The Bertz CT molecular complexity index is 330. The molecule has 1 rings (SSSR count). The number of nitrogens with one attached hydrogen (secondary N) is 1. The van der Waals surface area contributed by atoms with Crippen molar-refractivity contribution in [1.82, 2.24) is 10.2 Å². The van der Waals surface area contributed by atoms with Gasteiger partial charge in [0.15, 0.2) is 0 Å². The van der Waals surface area contributed by atoms with Crippen LogP contribution in [0, 0.1) is 5.41 Å². The van der Waals surface area contributed by atoms with E-state index in [-0.39, 0.29) is 12.1 Å². The highest BCUT2D eigenvalue weighted by Gasteiger charge is 2.34. The first kappa shape index (κ1) is 15.8. The summed E-state index contributed by atoms with van der Waals surface area (Å²) in [5.41, 5.74) is -0.521. The number of carbonyl (C=O) groups is 2. The SMILES string of the molecule is COC1CCN(C(=O)N[C@H](C(=O)O)C(C)(C)C)CC1. The number of hydrogen-bond acceptors (Lipinski definition) is 3. The molecule has 0 aliphatic carbocycles. The lowest BCUT2D eigenvalue weighted by Crippen LogP contribution is -2.54. The third-order valence-corrected chi connectivity index (χ3v) is 3.44. The molecule has 0 aromatic heterocycles. The van der Waals surface area contributed by atoms with Crippen LogP contribution in [-0.4, -0.2) is 54.4 Å². The zero-order valence-corrected chi connectivity index (χ0v) is 12.1. The maximum Gasteiger partial charge on any atom is 0.326 e. The molecule has 110 valence electrons. The number of carboxylic acid groups (broad SMARTS) is 1. The first-order valence-electron chi connectivity index (χ1n) is 6.56. The second-order valence-electron chi connectivity index (χ2n) is 6.01. The molecule has 1 saturated heterocycles. The molecule has 2 N–H and O–H groups in total. The number of hydrogen-bond donors (Lipinski definition) is 2. The molecule has 0 radical (unpaired) electrons.